The van der Waals surface area contributed by atoms with Crippen molar-refractivity contribution >= 4 is 11.9 Å². The van der Waals surface area contributed by atoms with Gasteiger partial charge in [-0.3, -0.25) is 10.1 Å². The van der Waals surface area contributed by atoms with Crippen molar-refractivity contribution in [2.45, 2.75) is 20.4 Å². The van der Waals surface area contributed by atoms with Crippen LogP contribution in [0.2, 0.25) is 0 Å². The monoisotopic (exact) mass is 334 g/mol. The van der Waals surface area contributed by atoms with Crippen molar-refractivity contribution in [2.24, 2.45) is 5.92 Å². The predicted octanol–water partition coefficient (Wildman–Crippen LogP) is -1.55. The molecule has 1 heterocycles. The molecule has 1 aromatic carbocycles. The van der Waals surface area contributed by atoms with Gasteiger partial charge in [-0.05, 0) is 5.92 Å². The van der Waals surface area contributed by atoms with E-state index in [2.05, 4.69) is 34.9 Å². The van der Waals surface area contributed by atoms with Crippen molar-refractivity contribution in [2.75, 3.05) is 39.3 Å². The van der Waals surface area contributed by atoms with E-state index in [1.54, 1.807) is 4.90 Å². The topological polar surface area (TPSA) is 67.1 Å². The second kappa shape index (κ2) is 9.39. The second-order valence-corrected chi connectivity index (χ2v) is 6.99. The van der Waals surface area contributed by atoms with Crippen molar-refractivity contribution in [1.29, 1.82) is 0 Å². The van der Waals surface area contributed by atoms with Gasteiger partial charge in [0.15, 0.2) is 6.54 Å². The van der Waals surface area contributed by atoms with E-state index >= 15 is 0 Å². The molecule has 4 N–H and O–H groups in total. The molecule has 132 valence electrons. The quantitative estimate of drug-likeness (QED) is 0.509. The van der Waals surface area contributed by atoms with Crippen LogP contribution in [0, 0.1) is 5.92 Å². The van der Waals surface area contributed by atoms with Gasteiger partial charge in [0.25, 0.3) is 5.91 Å². The van der Waals surface area contributed by atoms with Crippen molar-refractivity contribution < 1.29 is 19.4 Å². The van der Waals surface area contributed by atoms with Gasteiger partial charge < -0.3 is 15.1 Å². The zero-order valence-corrected chi connectivity index (χ0v) is 14.7. The van der Waals surface area contributed by atoms with Crippen LogP contribution in [0.5, 0.6) is 0 Å². The third-order valence-electron chi connectivity index (χ3n) is 4.30. The number of amides is 3. The molecular formula is C18H30N4O2+2. The number of carbonyl (C=O) groups is 2. The van der Waals surface area contributed by atoms with Crippen molar-refractivity contribution in [3.8, 4) is 0 Å². The Balaban J connectivity index is 1.65. The summed E-state index contributed by atoms with van der Waals surface area (Å²) < 4.78 is 0. The van der Waals surface area contributed by atoms with Crippen LogP contribution in [0.4, 0.5) is 4.79 Å². The molecule has 0 radical (unpaired) electrons. The lowest BCUT2D eigenvalue weighted by atomic mass is 10.2. The largest absolute Gasteiger partial charge is 0.338 e. The van der Waals surface area contributed by atoms with Gasteiger partial charge in [0.1, 0.15) is 32.7 Å². The smallest absolute Gasteiger partial charge is 0.321 e. The predicted molar refractivity (Wildman–Crippen MR) is 92.8 cm³/mol. The lowest BCUT2D eigenvalue weighted by Gasteiger charge is -2.29. The highest BCUT2D eigenvalue weighted by Crippen LogP contribution is 1.95. The molecule has 6 nitrogen and oxygen atoms in total. The van der Waals surface area contributed by atoms with Gasteiger partial charge >= 0.3 is 6.03 Å². The number of quaternary nitrogens is 2. The number of urea groups is 1. The van der Waals surface area contributed by atoms with Crippen molar-refractivity contribution in [3.05, 3.63) is 35.9 Å². The van der Waals surface area contributed by atoms with Gasteiger partial charge in [0.2, 0.25) is 0 Å². The summed E-state index contributed by atoms with van der Waals surface area (Å²) in [4.78, 5) is 26.3. The zero-order chi connectivity index (χ0) is 17.4. The van der Waals surface area contributed by atoms with Crippen LogP contribution in [0.3, 0.4) is 0 Å². The highest BCUT2D eigenvalue weighted by atomic mass is 16.2. The molecule has 1 aliphatic heterocycles. The summed E-state index contributed by atoms with van der Waals surface area (Å²) in [6, 6.07) is 10.1. The minimum absolute atomic E-state index is 0.197. The molecule has 0 bridgehead atoms. The third-order valence-corrected chi connectivity index (χ3v) is 4.30. The van der Waals surface area contributed by atoms with E-state index in [-0.39, 0.29) is 11.9 Å². The molecular weight excluding hydrogens is 304 g/mol. The molecule has 3 amide bonds. The maximum absolute atomic E-state index is 11.9. The molecule has 1 aromatic rings. The van der Waals surface area contributed by atoms with Crippen LogP contribution in [0.1, 0.15) is 19.4 Å². The number of hydrogen-bond acceptors (Lipinski definition) is 2. The van der Waals surface area contributed by atoms with Gasteiger partial charge in [0.05, 0.1) is 0 Å². The van der Waals surface area contributed by atoms with E-state index < -0.39 is 0 Å². The Labute approximate surface area is 144 Å². The molecule has 2 rings (SSSR count). The average Bonchev–Trinajstić information content (AvgIpc) is 2.56. The van der Waals surface area contributed by atoms with Gasteiger partial charge in [-0.1, -0.05) is 44.2 Å². The Morgan fingerprint density at radius 1 is 1.04 bits per heavy atom. The summed E-state index contributed by atoms with van der Waals surface area (Å²) in [5, 5.41) is 5.12. The van der Waals surface area contributed by atoms with E-state index in [0.717, 1.165) is 32.7 Å². The fourth-order valence-electron chi connectivity index (χ4n) is 2.93. The standard InChI is InChI=1S/C18H28N4O2/c1-15(2)12-19-18(24)20-17(23)14-22-10-8-21(9-11-22)13-16-6-4-3-5-7-16/h3-7,15H,8-14H2,1-2H3,(H2,19,20,23,24)/p+2. The molecule has 0 unspecified atom stereocenters. The van der Waals surface area contributed by atoms with E-state index in [0.29, 0.717) is 19.0 Å². The zero-order valence-electron chi connectivity index (χ0n) is 14.7. The second-order valence-electron chi connectivity index (χ2n) is 6.99. The summed E-state index contributed by atoms with van der Waals surface area (Å²) in [7, 11) is 0. The molecule has 0 atom stereocenters. The van der Waals surface area contributed by atoms with Crippen LogP contribution in [-0.2, 0) is 11.3 Å². The summed E-state index contributed by atoms with van der Waals surface area (Å²) in [6.07, 6.45) is 0. The lowest BCUT2D eigenvalue weighted by molar-refractivity contribution is -1.02. The summed E-state index contributed by atoms with van der Waals surface area (Å²) >= 11 is 0. The van der Waals surface area contributed by atoms with Crippen LogP contribution in [-0.4, -0.2) is 51.2 Å². The Hall–Kier alpha value is -1.92. The van der Waals surface area contributed by atoms with Crippen LogP contribution in [0.15, 0.2) is 30.3 Å². The van der Waals surface area contributed by atoms with Crippen molar-refractivity contribution in [1.82, 2.24) is 10.6 Å². The number of hydrogen-bond donors (Lipinski definition) is 4. The number of imide groups is 1. The number of rotatable bonds is 6. The molecule has 6 heteroatoms. The van der Waals surface area contributed by atoms with E-state index in [9.17, 15) is 9.59 Å². The van der Waals surface area contributed by atoms with Gasteiger partial charge in [-0.2, -0.15) is 0 Å². The Kier molecular flexibility index (Phi) is 7.21. The Bertz CT molecular complexity index is 525. The molecule has 0 saturated carbocycles. The summed E-state index contributed by atoms with van der Waals surface area (Å²) in [6.45, 7) is 10.0. The van der Waals surface area contributed by atoms with Gasteiger partial charge in [-0.15, -0.1) is 0 Å². The van der Waals surface area contributed by atoms with E-state index in [1.807, 2.05) is 19.9 Å². The molecule has 0 spiro atoms. The van der Waals surface area contributed by atoms with Crippen LogP contribution >= 0.6 is 0 Å². The minimum Gasteiger partial charge on any atom is -0.338 e. The maximum Gasteiger partial charge on any atom is 0.321 e. The first-order valence-electron chi connectivity index (χ1n) is 8.81. The molecule has 1 saturated heterocycles. The Morgan fingerprint density at radius 2 is 1.67 bits per heavy atom. The number of piperazine rings is 1. The normalized spacial score (nSPS) is 20.6. The van der Waals surface area contributed by atoms with Crippen LogP contribution in [0.25, 0.3) is 0 Å². The van der Waals surface area contributed by atoms with E-state index in [1.165, 1.54) is 10.5 Å². The van der Waals surface area contributed by atoms with Gasteiger partial charge in [-0.25, -0.2) is 4.79 Å². The first kappa shape index (κ1) is 18.4. The molecule has 24 heavy (non-hydrogen) atoms. The van der Waals surface area contributed by atoms with Gasteiger partial charge in [0, 0.05) is 12.1 Å². The van der Waals surface area contributed by atoms with Crippen LogP contribution < -0.4 is 20.4 Å². The summed E-state index contributed by atoms with van der Waals surface area (Å²) in [5.74, 6) is 0.176. The number of nitrogens with one attached hydrogen (secondary N) is 4. The maximum atomic E-state index is 11.9. The van der Waals surface area contributed by atoms with Crippen molar-refractivity contribution in [3.63, 3.8) is 0 Å². The fourth-order valence-corrected chi connectivity index (χ4v) is 2.93. The fraction of sp³-hybridized carbons (Fsp3) is 0.556. The first-order chi connectivity index (χ1) is 11.5. The highest BCUT2D eigenvalue weighted by molar-refractivity contribution is 5.94. The number of benzene rings is 1. The Morgan fingerprint density at radius 3 is 2.29 bits per heavy atom. The third kappa shape index (κ3) is 6.68. The molecule has 1 fully saturated rings. The number of carbonyl (C=O) groups excluding carboxylic acids is 2. The molecule has 1 aliphatic rings. The highest BCUT2D eigenvalue weighted by Gasteiger charge is 2.25. The SMILES string of the molecule is CC(C)CNC(=O)NC(=O)C[NH+]1CC[NH+](Cc2ccccc2)CC1. The molecule has 0 aromatic heterocycles. The summed E-state index contributed by atoms with van der Waals surface area (Å²) in [5.41, 5.74) is 1.36. The lowest BCUT2D eigenvalue weighted by Crippen LogP contribution is -3.28. The average molecular weight is 334 g/mol. The first-order valence-corrected chi connectivity index (χ1v) is 8.81. The minimum atomic E-state index is -0.388. The van der Waals surface area contributed by atoms with E-state index in [4.69, 9.17) is 0 Å². The molecule has 0 aliphatic carbocycles.